The highest BCUT2D eigenvalue weighted by Gasteiger charge is 2.26. The number of hydrogen-bond donors (Lipinski definition) is 1. The summed E-state index contributed by atoms with van der Waals surface area (Å²) in [7, 11) is 0. The first-order valence-corrected chi connectivity index (χ1v) is 6.96. The molecule has 0 bridgehead atoms. The zero-order valence-electron chi connectivity index (χ0n) is 11.1. The molecule has 0 unspecified atom stereocenters. The van der Waals surface area contributed by atoms with Gasteiger partial charge < -0.3 is 9.67 Å². The standard InChI is InChI=1S/C15H17FN2O2/c16-12-7-14-13(17-8-12)5-6-18(14)9-10-1-3-11(4-2-10)15(19)20/h5-8,10-11H,1-4,9H2,(H,19,20)/t10-,11-. The van der Waals surface area contributed by atoms with Crippen molar-refractivity contribution in [2.24, 2.45) is 11.8 Å². The van der Waals surface area contributed by atoms with E-state index in [2.05, 4.69) is 4.98 Å². The molecule has 0 spiro atoms. The zero-order chi connectivity index (χ0) is 14.1. The zero-order valence-corrected chi connectivity index (χ0v) is 11.1. The third-order valence-corrected chi connectivity index (χ3v) is 4.24. The minimum Gasteiger partial charge on any atom is -0.481 e. The molecule has 1 aliphatic rings. The maximum Gasteiger partial charge on any atom is 0.306 e. The van der Waals surface area contributed by atoms with Crippen LogP contribution in [0, 0.1) is 17.7 Å². The maximum absolute atomic E-state index is 13.3. The van der Waals surface area contributed by atoms with Crippen LogP contribution < -0.4 is 0 Å². The van der Waals surface area contributed by atoms with E-state index in [9.17, 15) is 9.18 Å². The Morgan fingerprint density at radius 3 is 2.85 bits per heavy atom. The molecule has 0 amide bonds. The van der Waals surface area contributed by atoms with Crippen LogP contribution in [0.4, 0.5) is 4.39 Å². The van der Waals surface area contributed by atoms with E-state index in [1.54, 1.807) is 0 Å². The van der Waals surface area contributed by atoms with Gasteiger partial charge in [0, 0.05) is 18.8 Å². The second-order valence-electron chi connectivity index (χ2n) is 5.58. The molecule has 1 N–H and O–H groups in total. The summed E-state index contributed by atoms with van der Waals surface area (Å²) < 4.78 is 15.3. The van der Waals surface area contributed by atoms with Gasteiger partial charge in [0.15, 0.2) is 0 Å². The lowest BCUT2D eigenvalue weighted by atomic mass is 9.82. The lowest BCUT2D eigenvalue weighted by Crippen LogP contribution is -2.23. The van der Waals surface area contributed by atoms with Crippen LogP contribution >= 0.6 is 0 Å². The second-order valence-corrected chi connectivity index (χ2v) is 5.58. The monoisotopic (exact) mass is 276 g/mol. The van der Waals surface area contributed by atoms with Gasteiger partial charge in [0.1, 0.15) is 5.82 Å². The van der Waals surface area contributed by atoms with E-state index < -0.39 is 5.97 Å². The fourth-order valence-corrected chi connectivity index (χ4v) is 3.07. The van der Waals surface area contributed by atoms with Crippen molar-refractivity contribution < 1.29 is 14.3 Å². The van der Waals surface area contributed by atoms with Crippen molar-refractivity contribution in [2.75, 3.05) is 0 Å². The summed E-state index contributed by atoms with van der Waals surface area (Å²) in [6.45, 7) is 0.807. The summed E-state index contributed by atoms with van der Waals surface area (Å²) >= 11 is 0. The van der Waals surface area contributed by atoms with Gasteiger partial charge in [-0.3, -0.25) is 9.78 Å². The molecule has 2 aromatic rings. The third kappa shape index (κ3) is 2.53. The Hall–Kier alpha value is -1.91. The first kappa shape index (κ1) is 13.1. The van der Waals surface area contributed by atoms with Gasteiger partial charge in [0.05, 0.1) is 23.1 Å². The van der Waals surface area contributed by atoms with Crippen LogP contribution in [0.2, 0.25) is 0 Å². The van der Waals surface area contributed by atoms with Crippen molar-refractivity contribution in [3.63, 3.8) is 0 Å². The van der Waals surface area contributed by atoms with Crippen LogP contribution in [0.3, 0.4) is 0 Å². The van der Waals surface area contributed by atoms with Crippen molar-refractivity contribution >= 4 is 17.0 Å². The minimum absolute atomic E-state index is 0.188. The van der Waals surface area contributed by atoms with Gasteiger partial charge in [0.25, 0.3) is 0 Å². The van der Waals surface area contributed by atoms with Gasteiger partial charge in [-0.25, -0.2) is 4.39 Å². The molecule has 2 aromatic heterocycles. The molecule has 0 saturated heterocycles. The summed E-state index contributed by atoms with van der Waals surface area (Å²) in [5, 5.41) is 9.00. The van der Waals surface area contributed by atoms with Gasteiger partial charge in [-0.15, -0.1) is 0 Å². The number of fused-ring (bicyclic) bond motifs is 1. The first-order valence-electron chi connectivity index (χ1n) is 6.96. The van der Waals surface area contributed by atoms with Crippen LogP contribution in [-0.2, 0) is 11.3 Å². The molecule has 1 fully saturated rings. The molecule has 4 nitrogen and oxygen atoms in total. The molecule has 0 atom stereocenters. The fraction of sp³-hybridized carbons (Fsp3) is 0.467. The summed E-state index contributed by atoms with van der Waals surface area (Å²) in [4.78, 5) is 15.0. The number of halogens is 1. The van der Waals surface area contributed by atoms with E-state index in [1.807, 2.05) is 16.8 Å². The Labute approximate surface area is 116 Å². The highest BCUT2D eigenvalue weighted by atomic mass is 19.1. The van der Waals surface area contributed by atoms with Crippen molar-refractivity contribution in [1.29, 1.82) is 0 Å². The third-order valence-electron chi connectivity index (χ3n) is 4.24. The summed E-state index contributed by atoms with van der Waals surface area (Å²) in [5.41, 5.74) is 1.61. The average molecular weight is 276 g/mol. The van der Waals surface area contributed by atoms with E-state index in [-0.39, 0.29) is 11.7 Å². The number of rotatable bonds is 3. The normalized spacial score (nSPS) is 23.1. The molecule has 106 valence electrons. The molecule has 3 rings (SSSR count). The Morgan fingerprint density at radius 1 is 1.40 bits per heavy atom. The Bertz CT molecular complexity index is 630. The molecule has 2 heterocycles. The van der Waals surface area contributed by atoms with Crippen molar-refractivity contribution in [3.8, 4) is 0 Å². The first-order chi connectivity index (χ1) is 9.63. The largest absolute Gasteiger partial charge is 0.481 e. The molecule has 0 aromatic carbocycles. The van der Waals surface area contributed by atoms with E-state index in [4.69, 9.17) is 5.11 Å². The topological polar surface area (TPSA) is 55.1 Å². The quantitative estimate of drug-likeness (QED) is 0.937. The highest BCUT2D eigenvalue weighted by Crippen LogP contribution is 2.30. The highest BCUT2D eigenvalue weighted by molar-refractivity contribution is 5.75. The van der Waals surface area contributed by atoms with E-state index in [0.717, 1.165) is 43.3 Å². The summed E-state index contributed by atoms with van der Waals surface area (Å²) in [5.74, 6) is -0.732. The number of carbonyl (C=O) groups is 1. The molecule has 20 heavy (non-hydrogen) atoms. The number of aliphatic carboxylic acids is 1. The molecule has 1 saturated carbocycles. The fourth-order valence-electron chi connectivity index (χ4n) is 3.07. The molecular formula is C15H17FN2O2. The van der Waals surface area contributed by atoms with Gasteiger partial charge >= 0.3 is 5.97 Å². The number of aromatic nitrogens is 2. The second kappa shape index (κ2) is 5.23. The van der Waals surface area contributed by atoms with E-state index >= 15 is 0 Å². The molecular weight excluding hydrogens is 259 g/mol. The Balaban J connectivity index is 1.71. The van der Waals surface area contributed by atoms with Crippen molar-refractivity contribution in [2.45, 2.75) is 32.2 Å². The molecule has 0 aliphatic heterocycles. The van der Waals surface area contributed by atoms with Crippen LogP contribution in [0.5, 0.6) is 0 Å². The van der Waals surface area contributed by atoms with Gasteiger partial charge in [0.2, 0.25) is 0 Å². The number of pyridine rings is 1. The molecule has 1 aliphatic carbocycles. The van der Waals surface area contributed by atoms with Gasteiger partial charge in [-0.05, 0) is 37.7 Å². The minimum atomic E-state index is -0.680. The number of hydrogen-bond acceptors (Lipinski definition) is 2. The molecule has 5 heteroatoms. The number of nitrogens with zero attached hydrogens (tertiary/aromatic N) is 2. The van der Waals surface area contributed by atoms with Crippen LogP contribution in [0.1, 0.15) is 25.7 Å². The number of carboxylic acid groups (broad SMARTS) is 1. The van der Waals surface area contributed by atoms with Gasteiger partial charge in [-0.2, -0.15) is 0 Å². The lowest BCUT2D eigenvalue weighted by molar-refractivity contribution is -0.143. The number of carboxylic acids is 1. The van der Waals surface area contributed by atoms with E-state index in [0.29, 0.717) is 5.92 Å². The Kier molecular flexibility index (Phi) is 3.42. The SMILES string of the molecule is O=C(O)[C@H]1CC[C@H](Cn2ccc3ncc(F)cc32)CC1. The predicted octanol–water partition coefficient (Wildman–Crippen LogP) is 3.07. The van der Waals surface area contributed by atoms with Crippen LogP contribution in [0.15, 0.2) is 24.5 Å². The Morgan fingerprint density at radius 2 is 2.15 bits per heavy atom. The van der Waals surface area contributed by atoms with Crippen LogP contribution in [0.25, 0.3) is 11.0 Å². The van der Waals surface area contributed by atoms with Crippen LogP contribution in [-0.4, -0.2) is 20.6 Å². The maximum atomic E-state index is 13.3. The smallest absolute Gasteiger partial charge is 0.306 e. The summed E-state index contributed by atoms with van der Waals surface area (Å²) in [6, 6.07) is 3.39. The van der Waals surface area contributed by atoms with Crippen molar-refractivity contribution in [3.05, 3.63) is 30.3 Å². The summed E-state index contributed by atoms with van der Waals surface area (Å²) in [6.07, 6.45) is 6.47. The molecule has 0 radical (unpaired) electrons. The van der Waals surface area contributed by atoms with E-state index in [1.165, 1.54) is 12.3 Å². The van der Waals surface area contributed by atoms with Crippen molar-refractivity contribution in [1.82, 2.24) is 9.55 Å². The predicted molar refractivity (Wildman–Crippen MR) is 72.8 cm³/mol. The lowest BCUT2D eigenvalue weighted by Gasteiger charge is -2.26. The van der Waals surface area contributed by atoms with Gasteiger partial charge in [-0.1, -0.05) is 0 Å². The average Bonchev–Trinajstić information content (AvgIpc) is 2.82.